The van der Waals surface area contributed by atoms with Crippen molar-refractivity contribution >= 4 is 34.0 Å². The van der Waals surface area contributed by atoms with Crippen LogP contribution >= 0.6 is 0 Å². The van der Waals surface area contributed by atoms with Gasteiger partial charge in [0.1, 0.15) is 40.7 Å². The van der Waals surface area contributed by atoms with E-state index in [1.54, 1.807) is 19.4 Å². The highest BCUT2D eigenvalue weighted by Gasteiger charge is 2.30. The number of aromatic amines is 1. The van der Waals surface area contributed by atoms with Crippen molar-refractivity contribution in [3.05, 3.63) is 72.1 Å². The third-order valence-electron chi connectivity index (χ3n) is 6.94. The lowest BCUT2D eigenvalue weighted by Crippen LogP contribution is -2.37. The van der Waals surface area contributed by atoms with Crippen molar-refractivity contribution in [2.45, 2.75) is 38.2 Å². The molecule has 1 aliphatic heterocycles. The molecule has 4 heterocycles. The lowest BCUT2D eigenvalue weighted by molar-refractivity contribution is -0.344. The summed E-state index contributed by atoms with van der Waals surface area (Å²) in [6.45, 7) is 3.35. The van der Waals surface area contributed by atoms with E-state index < -0.39 is 24.3 Å². The van der Waals surface area contributed by atoms with Crippen molar-refractivity contribution in [2.75, 3.05) is 13.7 Å². The van der Waals surface area contributed by atoms with Crippen LogP contribution in [0, 0.1) is 5.82 Å². The number of imidazole rings is 1. The van der Waals surface area contributed by atoms with Gasteiger partial charge in [-0.15, -0.1) is 0 Å². The van der Waals surface area contributed by atoms with Gasteiger partial charge < -0.3 is 38.8 Å². The van der Waals surface area contributed by atoms with Gasteiger partial charge in [-0.05, 0) is 60.9 Å². The summed E-state index contributed by atoms with van der Waals surface area (Å²) >= 11 is 0. The number of carboxylic acid groups (broad SMARTS) is 2. The number of H-pyrrole nitrogens is 1. The van der Waals surface area contributed by atoms with Crippen LogP contribution in [0.4, 0.5) is 30.7 Å². The maximum atomic E-state index is 15.3. The molecule has 250 valence electrons. The van der Waals surface area contributed by atoms with Crippen molar-refractivity contribution in [3.63, 3.8) is 0 Å². The first kappa shape index (κ1) is 34.5. The second-order valence-corrected chi connectivity index (χ2v) is 9.89. The zero-order valence-corrected chi connectivity index (χ0v) is 24.3. The van der Waals surface area contributed by atoms with Gasteiger partial charge in [0.25, 0.3) is 0 Å². The molecule has 1 N–H and O–H groups in total. The molecule has 10 nitrogen and oxygen atoms in total. The number of pyridine rings is 1. The molecule has 1 unspecified atom stereocenters. The van der Waals surface area contributed by atoms with Gasteiger partial charge in [0, 0.05) is 36.0 Å². The first-order valence-corrected chi connectivity index (χ1v) is 13.5. The van der Waals surface area contributed by atoms with Gasteiger partial charge in [-0.1, -0.05) is 0 Å². The van der Waals surface area contributed by atoms with Crippen molar-refractivity contribution in [3.8, 4) is 22.6 Å². The number of methoxy groups -OCH3 is 1. The molecule has 17 heteroatoms. The zero-order valence-electron chi connectivity index (χ0n) is 24.3. The Hall–Kier alpha value is -5.35. The van der Waals surface area contributed by atoms with Crippen LogP contribution in [-0.4, -0.2) is 57.5 Å². The number of fused-ring (bicyclic) bond motifs is 3. The Labute approximate surface area is 260 Å². The summed E-state index contributed by atoms with van der Waals surface area (Å²) in [4.78, 5) is 29.9. The van der Waals surface area contributed by atoms with E-state index in [-0.39, 0.29) is 11.7 Å². The van der Waals surface area contributed by atoms with Crippen LogP contribution in [0.15, 0.2) is 54.9 Å². The fourth-order valence-corrected chi connectivity index (χ4v) is 4.87. The maximum Gasteiger partial charge on any atom is 0.430 e. The van der Waals surface area contributed by atoms with Crippen LogP contribution in [0.3, 0.4) is 0 Å². The highest BCUT2D eigenvalue weighted by molar-refractivity contribution is 5.95. The molecule has 2 aromatic carbocycles. The SMILES string of the molecule is CCn1c(C2COc3ccc(OC)cc3C2)nc2cc(F)c(-c3ccnc4[nH]ccc34)cc21.O=C([O-])C(F)(F)F.O=C([O-])C(F)(F)F. The number of hydrogen-bond donors (Lipinski definition) is 1. The Kier molecular flexibility index (Phi) is 9.96. The number of aliphatic carboxylic acids is 2. The number of nitrogens with zero attached hydrogens (tertiary/aromatic N) is 3. The highest BCUT2D eigenvalue weighted by atomic mass is 19.4. The Balaban J connectivity index is 0.000000301. The molecular formula is C30H23F7N4O6-2. The molecule has 1 atom stereocenters. The van der Waals surface area contributed by atoms with E-state index in [4.69, 9.17) is 34.3 Å². The summed E-state index contributed by atoms with van der Waals surface area (Å²) in [7, 11) is 1.66. The molecule has 0 amide bonds. The number of halogens is 7. The molecule has 47 heavy (non-hydrogen) atoms. The number of hydrogen-bond acceptors (Lipinski definition) is 8. The van der Waals surface area contributed by atoms with Crippen LogP contribution in [0.1, 0.15) is 24.2 Å². The molecule has 3 aromatic heterocycles. The molecule has 1 aliphatic rings. The summed E-state index contributed by atoms with van der Waals surface area (Å²) in [5, 5.41) is 18.5. The molecule has 0 saturated heterocycles. The molecule has 6 rings (SSSR count). The minimum absolute atomic E-state index is 0.0702. The lowest BCUT2D eigenvalue weighted by Gasteiger charge is -2.25. The van der Waals surface area contributed by atoms with E-state index in [0.29, 0.717) is 17.7 Å². The summed E-state index contributed by atoms with van der Waals surface area (Å²) in [5.74, 6) is -3.63. The summed E-state index contributed by atoms with van der Waals surface area (Å²) in [6.07, 6.45) is -6.08. The Morgan fingerprint density at radius 3 is 2.28 bits per heavy atom. The van der Waals surface area contributed by atoms with Crippen molar-refractivity contribution in [1.29, 1.82) is 0 Å². The summed E-state index contributed by atoms with van der Waals surface area (Å²) in [5.41, 5.74) is 4.77. The van der Waals surface area contributed by atoms with Gasteiger partial charge in [0.2, 0.25) is 0 Å². The van der Waals surface area contributed by atoms with Crippen molar-refractivity contribution < 1.29 is 60.0 Å². The average Bonchev–Trinajstić information content (AvgIpc) is 3.64. The van der Waals surface area contributed by atoms with Crippen LogP contribution in [-0.2, 0) is 22.6 Å². The molecule has 0 saturated carbocycles. The largest absolute Gasteiger partial charge is 0.542 e. The third-order valence-corrected chi connectivity index (χ3v) is 6.94. The van der Waals surface area contributed by atoms with Crippen LogP contribution in [0.25, 0.3) is 33.2 Å². The molecule has 0 bridgehead atoms. The number of carbonyl (C=O) groups is 2. The predicted molar refractivity (Wildman–Crippen MR) is 148 cm³/mol. The average molecular weight is 669 g/mol. The maximum absolute atomic E-state index is 15.3. The predicted octanol–water partition coefficient (Wildman–Crippen LogP) is 4.06. The van der Waals surface area contributed by atoms with Crippen molar-refractivity contribution in [1.82, 2.24) is 19.5 Å². The number of benzene rings is 2. The number of ether oxygens (including phenoxy) is 2. The summed E-state index contributed by atoms with van der Waals surface area (Å²) in [6, 6.07) is 13.1. The number of nitrogens with one attached hydrogen (secondary N) is 1. The first-order chi connectivity index (χ1) is 22.0. The standard InChI is InChI=1S/C26H23FN4O2.2C2HF3O2/c1-3-31-23-12-20(18-6-8-28-25-19(18)7-9-29-25)21(27)13-22(23)30-26(31)16-10-15-11-17(32-2)4-5-24(15)33-14-16;2*3-2(4,5)1(6)7/h4-9,11-13,16H,3,10,14H2,1-2H3,(H,28,29);2*(H,6,7)/p-2. The second-order valence-electron chi connectivity index (χ2n) is 9.89. The van der Waals surface area contributed by atoms with Crippen LogP contribution in [0.5, 0.6) is 11.5 Å². The van der Waals surface area contributed by atoms with Gasteiger partial charge in [0.05, 0.1) is 30.7 Å². The number of carbonyl (C=O) groups excluding carboxylic acids is 2. The van der Waals surface area contributed by atoms with Gasteiger partial charge in [-0.25, -0.2) is 14.4 Å². The molecule has 0 radical (unpaired) electrons. The number of aromatic nitrogens is 4. The number of rotatable bonds is 4. The van der Waals surface area contributed by atoms with E-state index in [0.717, 1.165) is 58.0 Å². The van der Waals surface area contributed by atoms with Gasteiger partial charge >= 0.3 is 12.4 Å². The van der Waals surface area contributed by atoms with E-state index in [1.165, 1.54) is 0 Å². The van der Waals surface area contributed by atoms with Crippen LogP contribution in [0.2, 0.25) is 0 Å². The normalized spacial score (nSPS) is 14.3. The Morgan fingerprint density at radius 1 is 1.02 bits per heavy atom. The fraction of sp³-hybridized carbons (Fsp3) is 0.267. The molecule has 0 fully saturated rings. The highest BCUT2D eigenvalue weighted by Crippen LogP contribution is 2.37. The first-order valence-electron chi connectivity index (χ1n) is 13.5. The topological polar surface area (TPSA) is 145 Å². The van der Waals surface area contributed by atoms with Gasteiger partial charge in [-0.3, -0.25) is 0 Å². The minimum Gasteiger partial charge on any atom is -0.542 e. The molecule has 0 aliphatic carbocycles. The van der Waals surface area contributed by atoms with E-state index in [9.17, 15) is 26.3 Å². The zero-order chi connectivity index (χ0) is 34.7. The Morgan fingerprint density at radius 2 is 1.68 bits per heavy atom. The van der Waals surface area contributed by atoms with Crippen molar-refractivity contribution in [2.24, 2.45) is 0 Å². The lowest BCUT2D eigenvalue weighted by atomic mass is 9.95. The van der Waals surface area contributed by atoms with Crippen LogP contribution < -0.4 is 19.7 Å². The Bertz CT molecular complexity index is 1890. The quantitative estimate of drug-likeness (QED) is 0.283. The van der Waals surface area contributed by atoms with Gasteiger partial charge in [-0.2, -0.15) is 26.3 Å². The number of aryl methyl sites for hydroxylation is 1. The van der Waals surface area contributed by atoms with E-state index >= 15 is 4.39 Å². The van der Waals surface area contributed by atoms with Gasteiger partial charge in [0.15, 0.2) is 0 Å². The fourth-order valence-electron chi connectivity index (χ4n) is 4.87. The van der Waals surface area contributed by atoms with E-state index in [1.807, 2.05) is 42.6 Å². The van der Waals surface area contributed by atoms with E-state index in [2.05, 4.69) is 21.5 Å². The molecular weight excluding hydrogens is 645 g/mol. The smallest absolute Gasteiger partial charge is 0.430 e. The second kappa shape index (κ2) is 13.6. The molecule has 5 aromatic rings. The monoisotopic (exact) mass is 668 g/mol. The third kappa shape index (κ3) is 7.73. The minimum atomic E-state index is -5.19. The number of carboxylic acids is 2. The number of alkyl halides is 6. The summed E-state index contributed by atoms with van der Waals surface area (Å²) < 4.78 is 92.0. The molecule has 0 spiro atoms.